The van der Waals surface area contributed by atoms with Crippen LogP contribution in [0, 0.1) is 16.3 Å². The van der Waals surface area contributed by atoms with E-state index in [1.165, 1.54) is 52.6 Å². The van der Waals surface area contributed by atoms with Crippen LogP contribution in [0.2, 0.25) is 0 Å². The highest BCUT2D eigenvalue weighted by molar-refractivity contribution is 14.1. The summed E-state index contributed by atoms with van der Waals surface area (Å²) < 4.78 is 43.9. The van der Waals surface area contributed by atoms with Gasteiger partial charge in [0.2, 0.25) is 0 Å². The summed E-state index contributed by atoms with van der Waals surface area (Å²) in [7, 11) is -2.35. The number of halogens is 2. The second-order valence-electron chi connectivity index (χ2n) is 5.77. The van der Waals surface area contributed by atoms with E-state index in [9.17, 15) is 17.6 Å². The monoisotopic (exact) mass is 519 g/mol. The number of nitrogens with zero attached hydrogens (tertiary/aromatic N) is 1. The number of thiophene rings is 1. The van der Waals surface area contributed by atoms with E-state index in [-0.39, 0.29) is 27.6 Å². The van der Waals surface area contributed by atoms with Gasteiger partial charge in [-0.2, -0.15) is 11.3 Å². The largest absolute Gasteiger partial charge is 0.337 e. The van der Waals surface area contributed by atoms with Crippen molar-refractivity contribution in [3.63, 3.8) is 0 Å². The minimum atomic E-state index is -3.84. The maximum Gasteiger partial charge on any atom is 0.262 e. The van der Waals surface area contributed by atoms with E-state index < -0.39 is 15.8 Å². The number of benzene rings is 1. The van der Waals surface area contributed by atoms with E-state index >= 15 is 0 Å². The molecule has 2 N–H and O–H groups in total. The number of anilines is 3. The minimum Gasteiger partial charge on any atom is -0.337 e. The van der Waals surface area contributed by atoms with Gasteiger partial charge in [0.25, 0.3) is 15.6 Å². The van der Waals surface area contributed by atoms with E-state index in [2.05, 4.69) is 10.0 Å². The van der Waals surface area contributed by atoms with Crippen LogP contribution in [0.15, 0.2) is 50.8 Å². The van der Waals surface area contributed by atoms with Crippen LogP contribution in [0.3, 0.4) is 0 Å². The molecule has 27 heavy (non-hydrogen) atoms. The van der Waals surface area contributed by atoms with Crippen LogP contribution in [-0.4, -0.2) is 13.0 Å². The Morgan fingerprint density at radius 3 is 2.56 bits per heavy atom. The second-order valence-corrected chi connectivity index (χ2v) is 9.48. The van der Waals surface area contributed by atoms with Gasteiger partial charge in [0, 0.05) is 21.6 Å². The van der Waals surface area contributed by atoms with Crippen molar-refractivity contribution >= 4 is 61.1 Å². The number of rotatable bonds is 5. The van der Waals surface area contributed by atoms with Gasteiger partial charge in [0.05, 0.1) is 16.3 Å². The van der Waals surface area contributed by atoms with Gasteiger partial charge in [-0.25, -0.2) is 12.8 Å². The Morgan fingerprint density at radius 2 is 1.93 bits per heavy atom. The van der Waals surface area contributed by atoms with Crippen molar-refractivity contribution in [2.75, 3.05) is 10.0 Å². The molecule has 6 nitrogen and oxygen atoms in total. The van der Waals surface area contributed by atoms with Gasteiger partial charge in [-0.3, -0.25) is 14.1 Å². The van der Waals surface area contributed by atoms with E-state index in [1.54, 1.807) is 18.4 Å². The molecule has 142 valence electrons. The van der Waals surface area contributed by atoms with Crippen molar-refractivity contribution in [3.05, 3.63) is 66.4 Å². The third kappa shape index (κ3) is 4.17. The molecular weight excluding hydrogens is 504 g/mol. The van der Waals surface area contributed by atoms with Crippen LogP contribution in [0.5, 0.6) is 0 Å². The molecular formula is C17H15FIN3O3S2. The Morgan fingerprint density at radius 1 is 1.19 bits per heavy atom. The quantitative estimate of drug-likeness (QED) is 0.499. The minimum absolute atomic E-state index is 0.116. The summed E-state index contributed by atoms with van der Waals surface area (Å²) in [6.45, 7) is 1.58. The lowest BCUT2D eigenvalue weighted by Gasteiger charge is -2.18. The van der Waals surface area contributed by atoms with E-state index in [1.807, 2.05) is 22.6 Å². The molecule has 0 saturated carbocycles. The standard InChI is InChI=1S/C17H15FIN3O3S2/c1-10-7-15(21-27(24,25)12-5-6-26-9-12)16(22(2)17(10)23)20-14-4-3-11(19)8-13(14)18/h3-9,20-21H,1-2H3. The fourth-order valence-electron chi connectivity index (χ4n) is 2.45. The first-order valence-electron chi connectivity index (χ1n) is 7.67. The van der Waals surface area contributed by atoms with Gasteiger partial charge in [-0.05, 0) is 65.2 Å². The predicted octanol–water partition coefficient (Wildman–Crippen LogP) is 4.04. The lowest BCUT2D eigenvalue weighted by molar-refractivity contribution is 0.601. The molecule has 1 aromatic carbocycles. The summed E-state index contributed by atoms with van der Waals surface area (Å²) in [4.78, 5) is 12.4. The van der Waals surface area contributed by atoms with Gasteiger partial charge in [0.1, 0.15) is 11.6 Å². The topological polar surface area (TPSA) is 80.2 Å². The van der Waals surface area contributed by atoms with Crippen molar-refractivity contribution in [2.45, 2.75) is 11.8 Å². The third-order valence-corrected chi connectivity index (χ3v) is 6.69. The van der Waals surface area contributed by atoms with Crippen LogP contribution in [0.25, 0.3) is 0 Å². The summed E-state index contributed by atoms with van der Waals surface area (Å²) in [5, 5.41) is 5.99. The molecule has 0 unspecified atom stereocenters. The lowest BCUT2D eigenvalue weighted by atomic mass is 10.2. The molecule has 0 atom stereocenters. The zero-order chi connectivity index (χ0) is 19.8. The molecule has 0 spiro atoms. The van der Waals surface area contributed by atoms with Crippen LogP contribution >= 0.6 is 33.9 Å². The molecule has 0 radical (unpaired) electrons. The zero-order valence-corrected chi connectivity index (χ0v) is 18.1. The normalized spacial score (nSPS) is 11.4. The van der Waals surface area contributed by atoms with Crippen molar-refractivity contribution < 1.29 is 12.8 Å². The van der Waals surface area contributed by atoms with Gasteiger partial charge in [0.15, 0.2) is 0 Å². The summed E-state index contributed by atoms with van der Waals surface area (Å²) in [5.74, 6) is -0.369. The SMILES string of the molecule is Cc1cc(NS(=O)(=O)c2ccsc2)c(Nc2ccc(I)cc2F)n(C)c1=O. The average molecular weight is 519 g/mol. The molecule has 3 aromatic rings. The second kappa shape index (κ2) is 7.60. The molecule has 10 heteroatoms. The molecule has 0 amide bonds. The number of hydrogen-bond acceptors (Lipinski definition) is 5. The first-order valence-corrected chi connectivity index (χ1v) is 11.2. The third-order valence-electron chi connectivity index (χ3n) is 3.83. The van der Waals surface area contributed by atoms with Crippen molar-refractivity contribution in [2.24, 2.45) is 7.05 Å². The van der Waals surface area contributed by atoms with Gasteiger partial charge in [-0.15, -0.1) is 0 Å². The van der Waals surface area contributed by atoms with Gasteiger partial charge >= 0.3 is 0 Å². The van der Waals surface area contributed by atoms with Crippen LogP contribution in [0.1, 0.15) is 5.56 Å². The fourth-order valence-corrected chi connectivity index (χ4v) is 4.99. The highest BCUT2D eigenvalue weighted by Crippen LogP contribution is 2.29. The molecule has 0 saturated heterocycles. The smallest absolute Gasteiger partial charge is 0.262 e. The summed E-state index contributed by atoms with van der Waals surface area (Å²) in [6, 6.07) is 7.48. The summed E-state index contributed by atoms with van der Waals surface area (Å²) >= 11 is 3.24. The van der Waals surface area contributed by atoms with E-state index in [0.29, 0.717) is 9.13 Å². The summed E-state index contributed by atoms with van der Waals surface area (Å²) in [5.41, 5.74) is 0.319. The Labute approximate surface area is 173 Å². The van der Waals surface area contributed by atoms with Crippen molar-refractivity contribution in [3.8, 4) is 0 Å². The van der Waals surface area contributed by atoms with Crippen LogP contribution < -0.4 is 15.6 Å². The van der Waals surface area contributed by atoms with Gasteiger partial charge < -0.3 is 5.32 Å². The molecule has 3 rings (SSSR count). The number of sulfonamides is 1. The maximum atomic E-state index is 14.2. The predicted molar refractivity (Wildman–Crippen MR) is 114 cm³/mol. The van der Waals surface area contributed by atoms with Gasteiger partial charge in [-0.1, -0.05) is 0 Å². The fraction of sp³-hybridized carbons (Fsp3) is 0.118. The van der Waals surface area contributed by atoms with Crippen LogP contribution in [-0.2, 0) is 17.1 Å². The first-order chi connectivity index (χ1) is 12.7. The highest BCUT2D eigenvalue weighted by Gasteiger charge is 2.20. The van der Waals surface area contributed by atoms with E-state index in [4.69, 9.17) is 0 Å². The molecule has 2 heterocycles. The molecule has 0 aliphatic carbocycles. The molecule has 2 aromatic heterocycles. The van der Waals surface area contributed by atoms with Crippen molar-refractivity contribution in [1.29, 1.82) is 0 Å². The molecule has 0 bridgehead atoms. The zero-order valence-electron chi connectivity index (χ0n) is 14.3. The maximum absolute atomic E-state index is 14.2. The number of nitrogens with one attached hydrogen (secondary N) is 2. The highest BCUT2D eigenvalue weighted by atomic mass is 127. The van der Waals surface area contributed by atoms with E-state index in [0.717, 1.165) is 0 Å². The molecule has 0 fully saturated rings. The number of aromatic nitrogens is 1. The first kappa shape index (κ1) is 19.8. The Bertz CT molecular complexity index is 1160. The van der Waals surface area contributed by atoms with Crippen molar-refractivity contribution in [1.82, 2.24) is 4.57 Å². The number of pyridine rings is 1. The number of aryl methyl sites for hydroxylation is 1. The Hall–Kier alpha value is -1.92. The Kier molecular flexibility index (Phi) is 5.58. The molecule has 0 aliphatic heterocycles. The number of hydrogen-bond donors (Lipinski definition) is 2. The lowest BCUT2D eigenvalue weighted by Crippen LogP contribution is -2.24. The Balaban J connectivity index is 2.10. The average Bonchev–Trinajstić information content (AvgIpc) is 3.13. The van der Waals surface area contributed by atoms with Crippen LogP contribution in [0.4, 0.5) is 21.6 Å². The molecule has 0 aliphatic rings. The summed E-state index contributed by atoms with van der Waals surface area (Å²) in [6.07, 6.45) is 0.